The number of nitrogens with zero attached hydrogens (tertiary/aromatic N) is 2. The Labute approximate surface area is 126 Å². The lowest BCUT2D eigenvalue weighted by Crippen LogP contribution is -2.47. The van der Waals surface area contributed by atoms with Crippen molar-refractivity contribution in [3.8, 4) is 0 Å². The maximum Gasteiger partial charge on any atom is 0.0971 e. The van der Waals surface area contributed by atoms with Crippen LogP contribution in [0.4, 0.5) is 0 Å². The lowest BCUT2D eigenvalue weighted by Gasteiger charge is -2.34. The Kier molecular flexibility index (Phi) is 9.19. The molecule has 0 aromatic heterocycles. The van der Waals surface area contributed by atoms with Gasteiger partial charge < -0.3 is 8.97 Å². The highest BCUT2D eigenvalue weighted by Crippen LogP contribution is 2.10. The Morgan fingerprint density at radius 3 is 1.05 bits per heavy atom. The van der Waals surface area contributed by atoms with Gasteiger partial charge in [0, 0.05) is 12.8 Å². The topological polar surface area (TPSA) is 0 Å². The van der Waals surface area contributed by atoms with Gasteiger partial charge in [-0.1, -0.05) is 26.3 Å². The summed E-state index contributed by atoms with van der Waals surface area (Å²) in [6, 6.07) is 0. The van der Waals surface area contributed by atoms with Crippen LogP contribution in [0.3, 0.4) is 0 Å². The van der Waals surface area contributed by atoms with Crippen molar-refractivity contribution in [2.75, 3.05) is 53.4 Å². The summed E-state index contributed by atoms with van der Waals surface area (Å²) in [7, 11) is 4.57. The average molecular weight is 278 g/mol. The second-order valence-corrected chi connectivity index (χ2v) is 6.28. The molecule has 0 amide bonds. The zero-order valence-electron chi connectivity index (χ0n) is 13.7. The van der Waals surface area contributed by atoms with E-state index in [2.05, 4.69) is 40.4 Å². The second-order valence-electron chi connectivity index (χ2n) is 6.28. The highest BCUT2D eigenvalue weighted by atomic mass is 15.3. The fraction of sp³-hybridized carbons (Fsp3) is 0.556. The Balaban J connectivity index is 4.26. The fourth-order valence-corrected chi connectivity index (χ4v) is 2.75. The first-order chi connectivity index (χ1) is 9.45. The third kappa shape index (κ3) is 7.46. The van der Waals surface area contributed by atoms with Gasteiger partial charge in [0.15, 0.2) is 0 Å². The summed E-state index contributed by atoms with van der Waals surface area (Å²) in [5, 5.41) is 0. The Morgan fingerprint density at radius 1 is 0.600 bits per heavy atom. The minimum absolute atomic E-state index is 1.01. The summed E-state index contributed by atoms with van der Waals surface area (Å²) in [6.07, 6.45) is 10.5. The molecule has 0 aromatic rings. The van der Waals surface area contributed by atoms with Gasteiger partial charge in [-0.15, -0.1) is 0 Å². The lowest BCUT2D eigenvalue weighted by molar-refractivity contribution is -0.904. The van der Waals surface area contributed by atoms with E-state index in [4.69, 9.17) is 0 Å². The summed E-state index contributed by atoms with van der Waals surface area (Å²) in [4.78, 5) is 0. The average Bonchev–Trinajstić information content (AvgIpc) is 2.36. The van der Waals surface area contributed by atoms with Gasteiger partial charge in [-0.3, -0.25) is 0 Å². The number of quaternary nitrogens is 2. The lowest BCUT2D eigenvalue weighted by atomic mass is 10.2. The molecule has 0 atom stereocenters. The molecule has 20 heavy (non-hydrogen) atoms. The predicted molar refractivity (Wildman–Crippen MR) is 91.6 cm³/mol. The van der Waals surface area contributed by atoms with Gasteiger partial charge in [0.2, 0.25) is 0 Å². The Hall–Kier alpha value is -1.12. The molecule has 0 unspecified atom stereocenters. The minimum atomic E-state index is 1.01. The molecule has 2 heteroatoms. The first-order valence-electron chi connectivity index (χ1n) is 7.56. The standard InChI is InChI=1S/C18H34N2/c1-7-13-19(5,14-8-2)17-11-12-18-20(6,15-9-3)16-10-4/h7-10H,1-4,11-18H2,5-6H3/q+2. The molecule has 0 saturated carbocycles. The summed E-state index contributed by atoms with van der Waals surface area (Å²) < 4.78 is 2.03. The monoisotopic (exact) mass is 278 g/mol. The first kappa shape index (κ1) is 18.9. The molecule has 0 saturated heterocycles. The van der Waals surface area contributed by atoms with Gasteiger partial charge in [-0.25, -0.2) is 0 Å². The van der Waals surface area contributed by atoms with Crippen molar-refractivity contribution in [3.63, 3.8) is 0 Å². The van der Waals surface area contributed by atoms with Crippen LogP contribution in [0.5, 0.6) is 0 Å². The smallest absolute Gasteiger partial charge is 0.0971 e. The third-order valence-electron chi connectivity index (χ3n) is 3.93. The van der Waals surface area contributed by atoms with Crippen LogP contribution in [-0.4, -0.2) is 62.3 Å². The summed E-state index contributed by atoms with van der Waals surface area (Å²) in [5.74, 6) is 0. The van der Waals surface area contributed by atoms with Crippen LogP contribution in [0.25, 0.3) is 0 Å². The van der Waals surface area contributed by atoms with E-state index >= 15 is 0 Å². The van der Waals surface area contributed by atoms with Crippen LogP contribution < -0.4 is 0 Å². The van der Waals surface area contributed by atoms with Gasteiger partial charge in [0.05, 0.1) is 53.4 Å². The van der Waals surface area contributed by atoms with Gasteiger partial charge in [-0.2, -0.15) is 0 Å². The Bertz CT molecular complexity index is 265. The SMILES string of the molecule is C=CC[N+](C)(CC=C)CCCC[N+](C)(CC=C)CC=C. The molecule has 0 rings (SSSR count). The normalized spacial score (nSPS) is 11.9. The van der Waals surface area contributed by atoms with E-state index in [0.29, 0.717) is 0 Å². The third-order valence-corrected chi connectivity index (χ3v) is 3.93. The van der Waals surface area contributed by atoms with Gasteiger partial charge >= 0.3 is 0 Å². The van der Waals surface area contributed by atoms with E-state index in [1.807, 2.05) is 24.3 Å². The molecule has 0 aliphatic heterocycles. The predicted octanol–water partition coefficient (Wildman–Crippen LogP) is 3.40. The highest BCUT2D eigenvalue weighted by molar-refractivity contribution is 4.72. The van der Waals surface area contributed by atoms with E-state index in [-0.39, 0.29) is 0 Å². The molecule has 0 radical (unpaired) electrons. The van der Waals surface area contributed by atoms with Crippen LogP contribution in [0.1, 0.15) is 12.8 Å². The van der Waals surface area contributed by atoms with Crippen molar-refractivity contribution in [1.29, 1.82) is 0 Å². The molecule has 0 heterocycles. The van der Waals surface area contributed by atoms with E-state index in [1.54, 1.807) is 0 Å². The zero-order chi connectivity index (χ0) is 15.5. The number of rotatable bonds is 13. The van der Waals surface area contributed by atoms with Crippen molar-refractivity contribution >= 4 is 0 Å². The van der Waals surface area contributed by atoms with E-state index in [1.165, 1.54) is 25.9 Å². The molecule has 114 valence electrons. The van der Waals surface area contributed by atoms with Crippen molar-refractivity contribution in [1.82, 2.24) is 0 Å². The highest BCUT2D eigenvalue weighted by Gasteiger charge is 2.20. The maximum atomic E-state index is 3.87. The van der Waals surface area contributed by atoms with Crippen LogP contribution >= 0.6 is 0 Å². The maximum absolute atomic E-state index is 3.87. The quantitative estimate of drug-likeness (QED) is 0.275. The first-order valence-corrected chi connectivity index (χ1v) is 7.56. The number of likely N-dealkylation sites (N-methyl/N-ethyl adjacent to an activating group) is 2. The van der Waals surface area contributed by atoms with Gasteiger partial charge in [-0.05, 0) is 24.3 Å². The van der Waals surface area contributed by atoms with Crippen molar-refractivity contribution in [3.05, 3.63) is 50.6 Å². The van der Waals surface area contributed by atoms with Crippen LogP contribution in [0.2, 0.25) is 0 Å². The van der Waals surface area contributed by atoms with Gasteiger partial charge in [0.1, 0.15) is 0 Å². The molecular weight excluding hydrogens is 244 g/mol. The molecular formula is C18H34N2+2. The van der Waals surface area contributed by atoms with Gasteiger partial charge in [0.25, 0.3) is 0 Å². The summed E-state index contributed by atoms with van der Waals surface area (Å²) in [6.45, 7) is 21.9. The molecule has 0 fully saturated rings. The van der Waals surface area contributed by atoms with Crippen LogP contribution in [0, 0.1) is 0 Å². The Morgan fingerprint density at radius 2 is 0.850 bits per heavy atom. The second kappa shape index (κ2) is 9.73. The van der Waals surface area contributed by atoms with Crippen molar-refractivity contribution in [2.24, 2.45) is 0 Å². The van der Waals surface area contributed by atoms with E-state index in [9.17, 15) is 0 Å². The molecule has 0 aliphatic rings. The number of unbranched alkanes of at least 4 members (excludes halogenated alkanes) is 1. The molecule has 0 aliphatic carbocycles. The summed E-state index contributed by atoms with van der Waals surface area (Å²) in [5.41, 5.74) is 0. The number of hydrogen-bond donors (Lipinski definition) is 0. The van der Waals surface area contributed by atoms with E-state index < -0.39 is 0 Å². The molecule has 2 nitrogen and oxygen atoms in total. The van der Waals surface area contributed by atoms with Crippen LogP contribution in [0.15, 0.2) is 50.6 Å². The molecule has 0 spiro atoms. The molecule has 0 aromatic carbocycles. The molecule has 0 bridgehead atoms. The fourth-order valence-electron chi connectivity index (χ4n) is 2.75. The largest absolute Gasteiger partial charge is 0.320 e. The van der Waals surface area contributed by atoms with Crippen molar-refractivity contribution < 1.29 is 8.97 Å². The van der Waals surface area contributed by atoms with E-state index in [0.717, 1.165) is 35.1 Å². The zero-order valence-corrected chi connectivity index (χ0v) is 13.7. The van der Waals surface area contributed by atoms with Crippen LogP contribution in [-0.2, 0) is 0 Å². The van der Waals surface area contributed by atoms with Crippen molar-refractivity contribution in [2.45, 2.75) is 12.8 Å². The number of hydrogen-bond acceptors (Lipinski definition) is 0. The minimum Gasteiger partial charge on any atom is -0.320 e. The summed E-state index contributed by atoms with van der Waals surface area (Å²) >= 11 is 0. The molecule has 0 N–H and O–H groups in total.